The normalized spacial score (nSPS) is 23.7. The van der Waals surface area contributed by atoms with E-state index in [9.17, 15) is 14.4 Å². The first kappa shape index (κ1) is 28.8. The number of ether oxygens (including phenoxy) is 2. The van der Waals surface area contributed by atoms with Crippen LogP contribution in [0.1, 0.15) is 52.1 Å². The first-order valence-corrected chi connectivity index (χ1v) is 14.8. The van der Waals surface area contributed by atoms with Gasteiger partial charge in [0.15, 0.2) is 0 Å². The van der Waals surface area contributed by atoms with E-state index in [2.05, 4.69) is 37.6 Å². The zero-order valence-electron chi connectivity index (χ0n) is 24.1. The number of hydrogen-bond acceptors (Lipinski definition) is 8. The van der Waals surface area contributed by atoms with Crippen molar-refractivity contribution in [2.45, 2.75) is 56.5 Å². The highest BCUT2D eigenvalue weighted by Crippen LogP contribution is 2.32. The lowest BCUT2D eigenvalue weighted by molar-refractivity contribution is -0.134. The molecule has 0 spiro atoms. The number of nitrogens with one attached hydrogen (secondary N) is 2. The first-order chi connectivity index (χ1) is 20.9. The van der Waals surface area contributed by atoms with Crippen LogP contribution in [0.3, 0.4) is 0 Å². The number of likely N-dealkylation sites (N-methyl/N-ethyl adjacent to an activating group) is 1. The molecule has 2 N–H and O–H groups in total. The molecule has 4 heterocycles. The van der Waals surface area contributed by atoms with Gasteiger partial charge in [0.1, 0.15) is 24.2 Å². The standard InChI is InChI=1S/C32H36N6O5/c1-37-27-9-8-24(16-30(39)35-23-11-14-38(19-23)18-21-5-3-2-4-6-21)43-29(27)20-42-28-10-7-22(15-25(28)32(37)41)36-31(40)26-17-33-12-13-34-26/h2-7,10,12-13,15,17,23-24,27,29H,8-9,11,14,16,18-20H2,1H3,(H,35,39)(H,36,40)/t23-,24-,27-,29+/m0/s1. The summed E-state index contributed by atoms with van der Waals surface area (Å²) < 4.78 is 12.4. The second-order valence-corrected chi connectivity index (χ2v) is 11.4. The maximum atomic E-state index is 13.5. The van der Waals surface area contributed by atoms with Crippen molar-refractivity contribution in [3.63, 3.8) is 0 Å². The van der Waals surface area contributed by atoms with Gasteiger partial charge >= 0.3 is 0 Å². The molecule has 11 nitrogen and oxygen atoms in total. The predicted molar refractivity (Wildman–Crippen MR) is 159 cm³/mol. The molecule has 3 aromatic rings. The minimum absolute atomic E-state index is 0.00684. The van der Waals surface area contributed by atoms with Crippen molar-refractivity contribution in [2.24, 2.45) is 0 Å². The highest BCUT2D eigenvalue weighted by Gasteiger charge is 2.39. The summed E-state index contributed by atoms with van der Waals surface area (Å²) in [6, 6.07) is 15.3. The third-order valence-electron chi connectivity index (χ3n) is 8.36. The number of benzene rings is 2. The minimum Gasteiger partial charge on any atom is -0.490 e. The van der Waals surface area contributed by atoms with Crippen molar-refractivity contribution in [3.8, 4) is 5.75 Å². The molecule has 2 aromatic carbocycles. The molecule has 0 unspecified atom stereocenters. The van der Waals surface area contributed by atoms with E-state index in [1.165, 1.54) is 24.2 Å². The number of aromatic nitrogens is 2. The Morgan fingerprint density at radius 2 is 1.93 bits per heavy atom. The van der Waals surface area contributed by atoms with Crippen molar-refractivity contribution < 1.29 is 23.9 Å². The molecule has 2 saturated heterocycles. The van der Waals surface area contributed by atoms with E-state index >= 15 is 0 Å². The number of likely N-dealkylation sites (tertiary alicyclic amines) is 1. The van der Waals surface area contributed by atoms with Crippen LogP contribution in [-0.4, -0.2) is 88.5 Å². The largest absolute Gasteiger partial charge is 0.490 e. The lowest BCUT2D eigenvalue weighted by Crippen LogP contribution is -2.54. The molecule has 224 valence electrons. The Morgan fingerprint density at radius 3 is 2.74 bits per heavy atom. The minimum atomic E-state index is -0.422. The maximum Gasteiger partial charge on any atom is 0.275 e. The number of rotatable bonds is 7. The summed E-state index contributed by atoms with van der Waals surface area (Å²) in [5.74, 6) is -0.236. The van der Waals surface area contributed by atoms with Crippen molar-refractivity contribution in [2.75, 3.05) is 32.1 Å². The summed E-state index contributed by atoms with van der Waals surface area (Å²) in [7, 11) is 1.76. The third-order valence-corrected chi connectivity index (χ3v) is 8.36. The molecule has 0 bridgehead atoms. The van der Waals surface area contributed by atoms with Crippen molar-refractivity contribution in [3.05, 3.63) is 83.9 Å². The number of anilines is 1. The summed E-state index contributed by atoms with van der Waals surface area (Å²) in [6.45, 7) is 2.92. The van der Waals surface area contributed by atoms with E-state index in [1.54, 1.807) is 30.1 Å². The Hall–Kier alpha value is -4.35. The highest BCUT2D eigenvalue weighted by atomic mass is 16.5. The molecule has 11 heteroatoms. The van der Waals surface area contributed by atoms with E-state index in [0.717, 1.165) is 26.1 Å². The fraction of sp³-hybridized carbons (Fsp3) is 0.406. The number of nitrogens with zero attached hydrogens (tertiary/aromatic N) is 4. The Bertz CT molecular complexity index is 1460. The van der Waals surface area contributed by atoms with E-state index in [-0.39, 0.29) is 54.8 Å². The summed E-state index contributed by atoms with van der Waals surface area (Å²) >= 11 is 0. The van der Waals surface area contributed by atoms with Crippen molar-refractivity contribution >= 4 is 23.4 Å². The molecule has 0 saturated carbocycles. The van der Waals surface area contributed by atoms with E-state index < -0.39 is 5.91 Å². The topological polar surface area (TPSA) is 126 Å². The van der Waals surface area contributed by atoms with Crippen LogP contribution in [0.4, 0.5) is 5.69 Å². The van der Waals surface area contributed by atoms with Crippen LogP contribution in [-0.2, 0) is 16.1 Å². The van der Waals surface area contributed by atoms with Gasteiger partial charge < -0.3 is 25.0 Å². The van der Waals surface area contributed by atoms with Gasteiger partial charge in [-0.3, -0.25) is 24.3 Å². The highest BCUT2D eigenvalue weighted by molar-refractivity contribution is 6.04. The van der Waals surface area contributed by atoms with Crippen LogP contribution in [0.2, 0.25) is 0 Å². The molecule has 3 aliphatic heterocycles. The van der Waals surface area contributed by atoms with Crippen molar-refractivity contribution in [1.82, 2.24) is 25.1 Å². The zero-order valence-corrected chi connectivity index (χ0v) is 24.1. The average Bonchev–Trinajstić information content (AvgIpc) is 3.46. The Kier molecular flexibility index (Phi) is 8.62. The quantitative estimate of drug-likeness (QED) is 0.434. The fourth-order valence-electron chi connectivity index (χ4n) is 6.15. The van der Waals surface area contributed by atoms with Crippen molar-refractivity contribution in [1.29, 1.82) is 0 Å². The number of carbonyl (C=O) groups excluding carboxylic acids is 3. The Balaban J connectivity index is 1.03. The van der Waals surface area contributed by atoms with E-state index in [0.29, 0.717) is 29.8 Å². The molecule has 3 aliphatic rings. The first-order valence-electron chi connectivity index (χ1n) is 14.8. The second-order valence-electron chi connectivity index (χ2n) is 11.4. The van der Waals surface area contributed by atoms with Crippen LogP contribution in [0.25, 0.3) is 0 Å². The van der Waals surface area contributed by atoms with Crippen LogP contribution >= 0.6 is 0 Å². The van der Waals surface area contributed by atoms with Crippen LogP contribution < -0.4 is 15.4 Å². The van der Waals surface area contributed by atoms with Gasteiger partial charge in [0, 0.05) is 50.8 Å². The summed E-state index contributed by atoms with van der Waals surface area (Å²) in [5, 5.41) is 5.97. The molecule has 0 radical (unpaired) electrons. The molecule has 2 fully saturated rings. The predicted octanol–water partition coefficient (Wildman–Crippen LogP) is 2.89. The monoisotopic (exact) mass is 584 g/mol. The van der Waals surface area contributed by atoms with Gasteiger partial charge in [0.05, 0.1) is 30.3 Å². The Labute approximate surface area is 250 Å². The SMILES string of the molecule is CN1C(=O)c2cc(NC(=O)c3cnccn3)ccc2OC[C@H]2O[C@H](CC(=O)N[C@H]3CCN(Cc4ccccc4)C3)CC[C@@H]21. The van der Waals surface area contributed by atoms with Crippen LogP contribution in [0, 0.1) is 0 Å². The summed E-state index contributed by atoms with van der Waals surface area (Å²) in [6.07, 6.45) is 6.27. The van der Waals surface area contributed by atoms with Gasteiger partial charge in [-0.15, -0.1) is 0 Å². The lowest BCUT2D eigenvalue weighted by atomic mass is 9.94. The van der Waals surface area contributed by atoms with E-state index in [1.807, 2.05) is 18.2 Å². The molecule has 3 amide bonds. The number of amides is 3. The maximum absolute atomic E-state index is 13.5. The average molecular weight is 585 g/mol. The van der Waals surface area contributed by atoms with Crippen LogP contribution in [0.5, 0.6) is 5.75 Å². The molecular weight excluding hydrogens is 548 g/mol. The van der Waals surface area contributed by atoms with Crippen LogP contribution in [0.15, 0.2) is 67.1 Å². The molecule has 0 aliphatic carbocycles. The molecule has 43 heavy (non-hydrogen) atoms. The number of fused-ring (bicyclic) bond motifs is 2. The smallest absolute Gasteiger partial charge is 0.275 e. The second kappa shape index (κ2) is 12.9. The van der Waals surface area contributed by atoms with Gasteiger partial charge in [-0.2, -0.15) is 0 Å². The Morgan fingerprint density at radius 1 is 1.07 bits per heavy atom. The molecule has 1 aromatic heterocycles. The van der Waals surface area contributed by atoms with Gasteiger partial charge in [-0.1, -0.05) is 30.3 Å². The number of carbonyl (C=O) groups is 3. The molecule has 6 rings (SSSR count). The van der Waals surface area contributed by atoms with Gasteiger partial charge in [-0.05, 0) is 43.0 Å². The fourth-order valence-corrected chi connectivity index (χ4v) is 6.15. The lowest BCUT2D eigenvalue weighted by Gasteiger charge is -2.42. The van der Waals surface area contributed by atoms with E-state index in [4.69, 9.17) is 9.47 Å². The summed E-state index contributed by atoms with van der Waals surface area (Å²) in [5.41, 5.74) is 2.26. The van der Waals surface area contributed by atoms with Gasteiger partial charge in [0.2, 0.25) is 5.91 Å². The number of hydrogen-bond donors (Lipinski definition) is 2. The molecular formula is C32H36N6O5. The molecule has 4 atom stereocenters. The third kappa shape index (κ3) is 6.84. The summed E-state index contributed by atoms with van der Waals surface area (Å²) in [4.78, 5) is 51.0. The van der Waals surface area contributed by atoms with Gasteiger partial charge in [-0.25, -0.2) is 4.98 Å². The zero-order chi connectivity index (χ0) is 29.8. The van der Waals surface area contributed by atoms with Gasteiger partial charge in [0.25, 0.3) is 11.8 Å².